The molecule has 8 heteroatoms. The minimum atomic E-state index is -1.37. The molecular formula is C18H19NO7. The third kappa shape index (κ3) is 2.80. The Labute approximate surface area is 149 Å². The molecule has 0 aliphatic carbocycles. The fourth-order valence-electron chi connectivity index (χ4n) is 3.82. The van der Waals surface area contributed by atoms with E-state index in [0.717, 1.165) is 11.1 Å². The molecule has 0 radical (unpaired) electrons. The summed E-state index contributed by atoms with van der Waals surface area (Å²) >= 11 is 0. The minimum absolute atomic E-state index is 0.118. The lowest BCUT2D eigenvalue weighted by Gasteiger charge is -2.28. The van der Waals surface area contributed by atoms with Crippen molar-refractivity contribution in [1.82, 2.24) is 4.90 Å². The minimum Gasteiger partial charge on any atom is -0.454 e. The Kier molecular flexibility index (Phi) is 4.07. The fourth-order valence-corrected chi connectivity index (χ4v) is 3.82. The van der Waals surface area contributed by atoms with Crippen molar-refractivity contribution in [3.63, 3.8) is 0 Å². The normalized spacial score (nSPS) is 27.3. The van der Waals surface area contributed by atoms with Crippen molar-refractivity contribution in [3.05, 3.63) is 23.3 Å². The van der Waals surface area contributed by atoms with E-state index in [2.05, 4.69) is 0 Å². The highest BCUT2D eigenvalue weighted by Crippen LogP contribution is 2.41. The van der Waals surface area contributed by atoms with Gasteiger partial charge >= 0.3 is 5.97 Å². The maximum Gasteiger partial charge on any atom is 0.303 e. The van der Waals surface area contributed by atoms with Gasteiger partial charge in [0, 0.05) is 32.4 Å². The summed E-state index contributed by atoms with van der Waals surface area (Å²) in [5.74, 6) is -0.651. The molecule has 3 aliphatic heterocycles. The van der Waals surface area contributed by atoms with E-state index in [1.165, 1.54) is 11.8 Å². The summed E-state index contributed by atoms with van der Waals surface area (Å²) in [7, 11) is 0. The first-order valence-electron chi connectivity index (χ1n) is 8.53. The second-order valence-corrected chi connectivity index (χ2v) is 6.77. The van der Waals surface area contributed by atoms with Crippen molar-refractivity contribution < 1.29 is 33.7 Å². The van der Waals surface area contributed by atoms with Crippen LogP contribution in [0.3, 0.4) is 0 Å². The van der Waals surface area contributed by atoms with Gasteiger partial charge in [-0.05, 0) is 29.7 Å². The monoisotopic (exact) mass is 361 g/mol. The van der Waals surface area contributed by atoms with Crippen molar-refractivity contribution in [2.45, 2.75) is 44.4 Å². The largest absolute Gasteiger partial charge is 0.454 e. The number of fused-ring (bicyclic) bond motifs is 6. The first-order chi connectivity index (χ1) is 12.4. The number of hydrogen-bond acceptors (Lipinski definition) is 7. The second kappa shape index (κ2) is 6.28. The van der Waals surface area contributed by atoms with Crippen LogP contribution in [0.1, 0.15) is 36.8 Å². The van der Waals surface area contributed by atoms with Crippen LogP contribution >= 0.6 is 0 Å². The van der Waals surface area contributed by atoms with E-state index in [9.17, 15) is 19.5 Å². The molecule has 0 saturated carbocycles. The zero-order valence-electron chi connectivity index (χ0n) is 14.3. The zero-order chi connectivity index (χ0) is 18.4. The van der Waals surface area contributed by atoms with E-state index >= 15 is 0 Å². The molecule has 0 aromatic heterocycles. The number of nitrogens with zero attached hydrogens (tertiary/aromatic N) is 1. The van der Waals surface area contributed by atoms with Gasteiger partial charge < -0.3 is 24.2 Å². The molecule has 1 fully saturated rings. The van der Waals surface area contributed by atoms with E-state index in [1.54, 1.807) is 12.1 Å². The SMILES string of the molecule is CC(=O)O[C@@H]1C(=O)N2CC[C@H](C(=O)C[C@H]1O)c1cc3c(cc1C2)OCO3. The van der Waals surface area contributed by atoms with Gasteiger partial charge in [0.05, 0.1) is 0 Å². The molecule has 4 rings (SSSR count). The number of ketones is 1. The number of carbonyl (C=O) groups excluding carboxylic acids is 3. The van der Waals surface area contributed by atoms with E-state index in [1.807, 2.05) is 0 Å². The van der Waals surface area contributed by atoms with E-state index < -0.39 is 30.0 Å². The van der Waals surface area contributed by atoms with Crippen LogP contribution in [0.15, 0.2) is 12.1 Å². The average Bonchev–Trinajstić information content (AvgIpc) is 2.96. The molecule has 1 aromatic rings. The van der Waals surface area contributed by atoms with Crippen LogP contribution in [-0.4, -0.2) is 53.2 Å². The molecule has 26 heavy (non-hydrogen) atoms. The quantitative estimate of drug-likeness (QED) is 0.727. The Morgan fingerprint density at radius 1 is 1.27 bits per heavy atom. The van der Waals surface area contributed by atoms with Crippen molar-refractivity contribution in [2.24, 2.45) is 0 Å². The molecule has 3 aliphatic rings. The number of amides is 1. The smallest absolute Gasteiger partial charge is 0.303 e. The summed E-state index contributed by atoms with van der Waals surface area (Å²) in [6.07, 6.45) is -2.55. The van der Waals surface area contributed by atoms with Gasteiger partial charge in [-0.1, -0.05) is 0 Å². The van der Waals surface area contributed by atoms with Gasteiger partial charge in [-0.3, -0.25) is 14.4 Å². The maximum atomic E-state index is 12.9. The summed E-state index contributed by atoms with van der Waals surface area (Å²) < 4.78 is 15.9. The van der Waals surface area contributed by atoms with Gasteiger partial charge in [-0.25, -0.2) is 0 Å². The average molecular weight is 361 g/mol. The predicted molar refractivity (Wildman–Crippen MR) is 86.5 cm³/mol. The van der Waals surface area contributed by atoms with Crippen molar-refractivity contribution in [3.8, 4) is 11.5 Å². The molecule has 8 nitrogen and oxygen atoms in total. The van der Waals surface area contributed by atoms with Gasteiger partial charge in [0.2, 0.25) is 12.9 Å². The summed E-state index contributed by atoms with van der Waals surface area (Å²) in [6.45, 7) is 1.87. The Bertz CT molecular complexity index is 790. The van der Waals surface area contributed by atoms with Crippen LogP contribution in [0, 0.1) is 0 Å². The highest BCUT2D eigenvalue weighted by molar-refractivity contribution is 5.91. The van der Waals surface area contributed by atoms with Crippen LogP contribution in [0.5, 0.6) is 11.5 Å². The number of benzene rings is 1. The molecule has 3 heterocycles. The van der Waals surface area contributed by atoms with Crippen molar-refractivity contribution >= 4 is 17.7 Å². The molecule has 1 saturated heterocycles. The lowest BCUT2D eigenvalue weighted by Crippen LogP contribution is -2.47. The summed E-state index contributed by atoms with van der Waals surface area (Å²) in [4.78, 5) is 38.6. The Morgan fingerprint density at radius 3 is 2.73 bits per heavy atom. The summed E-state index contributed by atoms with van der Waals surface area (Å²) in [6, 6.07) is 3.59. The van der Waals surface area contributed by atoms with Gasteiger partial charge in [0.1, 0.15) is 11.9 Å². The lowest BCUT2D eigenvalue weighted by molar-refractivity contribution is -0.167. The molecule has 0 unspecified atom stereocenters. The molecule has 1 amide bonds. The van der Waals surface area contributed by atoms with Gasteiger partial charge in [0.15, 0.2) is 11.5 Å². The number of rotatable bonds is 1. The maximum absolute atomic E-state index is 12.9. The Balaban J connectivity index is 1.78. The number of hydrogen-bond donors (Lipinski definition) is 1. The number of ether oxygens (including phenoxy) is 3. The van der Waals surface area contributed by atoms with Gasteiger partial charge in [-0.2, -0.15) is 0 Å². The lowest BCUT2D eigenvalue weighted by atomic mass is 9.86. The topological polar surface area (TPSA) is 102 Å². The van der Waals surface area contributed by atoms with Crippen LogP contribution in [0.4, 0.5) is 0 Å². The number of Topliss-reactive ketones (excluding diaryl/α,β-unsaturated/α-hetero) is 1. The Morgan fingerprint density at radius 2 is 2.00 bits per heavy atom. The standard InChI is InChI=1S/C18H19NO7/c1-9(20)26-17-14(22)6-13(21)11-2-3-19(18(17)23)7-10-4-15-16(5-12(10)11)25-8-24-15/h4-5,11,14,17,22H,2-3,6-8H2,1H3/t11-,14+,17-/m0/s1. The third-order valence-electron chi connectivity index (χ3n) is 5.06. The number of aliphatic hydroxyl groups excluding tert-OH is 1. The second-order valence-electron chi connectivity index (χ2n) is 6.77. The highest BCUT2D eigenvalue weighted by Gasteiger charge is 2.41. The van der Waals surface area contributed by atoms with E-state index in [-0.39, 0.29) is 25.5 Å². The van der Waals surface area contributed by atoms with Crippen LogP contribution in [0.2, 0.25) is 0 Å². The van der Waals surface area contributed by atoms with Crippen LogP contribution in [0.25, 0.3) is 0 Å². The summed E-state index contributed by atoms with van der Waals surface area (Å²) in [5, 5.41) is 10.4. The molecule has 1 N–H and O–H groups in total. The van der Waals surface area contributed by atoms with Crippen molar-refractivity contribution in [2.75, 3.05) is 13.3 Å². The number of aliphatic hydroxyl groups is 1. The molecule has 2 bridgehead atoms. The third-order valence-corrected chi connectivity index (χ3v) is 5.06. The summed E-state index contributed by atoms with van der Waals surface area (Å²) in [5.41, 5.74) is 1.60. The van der Waals surface area contributed by atoms with Gasteiger partial charge in [-0.15, -0.1) is 0 Å². The first kappa shape index (κ1) is 16.8. The predicted octanol–water partition coefficient (Wildman–Crippen LogP) is 0.497. The molecule has 1 aromatic carbocycles. The van der Waals surface area contributed by atoms with E-state index in [4.69, 9.17) is 14.2 Å². The zero-order valence-corrected chi connectivity index (χ0v) is 14.3. The number of esters is 1. The fraction of sp³-hybridized carbons (Fsp3) is 0.500. The first-order valence-corrected chi connectivity index (χ1v) is 8.53. The molecule has 0 spiro atoms. The molecule has 3 atom stereocenters. The van der Waals surface area contributed by atoms with Crippen LogP contribution < -0.4 is 9.47 Å². The van der Waals surface area contributed by atoms with E-state index in [0.29, 0.717) is 24.5 Å². The number of carbonyl (C=O) groups is 3. The Hall–Kier alpha value is -2.61. The van der Waals surface area contributed by atoms with Crippen LogP contribution in [-0.2, 0) is 25.7 Å². The molecular weight excluding hydrogens is 342 g/mol. The van der Waals surface area contributed by atoms with Crippen molar-refractivity contribution in [1.29, 1.82) is 0 Å². The highest BCUT2D eigenvalue weighted by atomic mass is 16.7. The van der Waals surface area contributed by atoms with Gasteiger partial charge in [0.25, 0.3) is 5.91 Å². The molecule has 138 valence electrons.